The molecule has 0 bridgehead atoms. The Kier molecular flexibility index (Phi) is 6.23. The van der Waals surface area contributed by atoms with Crippen LogP contribution in [0.5, 0.6) is 0 Å². The molecule has 0 radical (unpaired) electrons. The number of aromatic nitrogens is 1. The summed E-state index contributed by atoms with van der Waals surface area (Å²) in [5.41, 5.74) is 4.67. The first-order valence-corrected chi connectivity index (χ1v) is 9.22. The molecule has 2 aromatic rings. The third kappa shape index (κ3) is 5.28. The Labute approximate surface area is 163 Å². The molecule has 2 heterocycles. The minimum absolute atomic E-state index is 0.0633. The zero-order valence-corrected chi connectivity index (χ0v) is 16.1. The number of nitrogens with zero attached hydrogens (tertiary/aromatic N) is 3. The SMILES string of the molecule is Cc1ccc(=O)n(CC(=O)Nc2ccc(C(=O)NN3CCN(C)CC3)cc2)c1. The normalized spacial score (nSPS) is 15.2. The molecule has 2 amide bonds. The Morgan fingerprint density at radius 1 is 1.00 bits per heavy atom. The van der Waals surface area contributed by atoms with Gasteiger partial charge >= 0.3 is 0 Å². The average Bonchev–Trinajstić information content (AvgIpc) is 2.67. The second-order valence-electron chi connectivity index (χ2n) is 7.03. The van der Waals surface area contributed by atoms with E-state index in [2.05, 4.69) is 22.7 Å². The fourth-order valence-corrected chi connectivity index (χ4v) is 2.96. The van der Waals surface area contributed by atoms with Gasteiger partial charge in [0.2, 0.25) is 5.91 Å². The minimum Gasteiger partial charge on any atom is -0.325 e. The first-order valence-electron chi connectivity index (χ1n) is 9.22. The molecule has 0 aliphatic carbocycles. The van der Waals surface area contributed by atoms with E-state index in [0.717, 1.165) is 31.7 Å². The zero-order chi connectivity index (χ0) is 20.1. The second-order valence-corrected chi connectivity index (χ2v) is 7.03. The monoisotopic (exact) mass is 383 g/mol. The number of hydrogen-bond acceptors (Lipinski definition) is 5. The lowest BCUT2D eigenvalue weighted by Crippen LogP contribution is -2.52. The summed E-state index contributed by atoms with van der Waals surface area (Å²) >= 11 is 0. The molecule has 1 saturated heterocycles. The Morgan fingerprint density at radius 3 is 2.36 bits per heavy atom. The Balaban J connectivity index is 1.55. The third-order valence-corrected chi connectivity index (χ3v) is 4.64. The fraction of sp³-hybridized carbons (Fsp3) is 0.350. The highest BCUT2D eigenvalue weighted by Crippen LogP contribution is 2.10. The maximum Gasteiger partial charge on any atom is 0.265 e. The smallest absolute Gasteiger partial charge is 0.265 e. The van der Waals surface area contributed by atoms with Gasteiger partial charge in [-0.3, -0.25) is 19.8 Å². The van der Waals surface area contributed by atoms with Gasteiger partial charge in [0.25, 0.3) is 11.5 Å². The first kappa shape index (κ1) is 19.8. The van der Waals surface area contributed by atoms with Crippen molar-refractivity contribution in [1.29, 1.82) is 0 Å². The van der Waals surface area contributed by atoms with Crippen LogP contribution in [0, 0.1) is 6.92 Å². The van der Waals surface area contributed by atoms with Crippen LogP contribution in [0.25, 0.3) is 0 Å². The Morgan fingerprint density at radius 2 is 1.68 bits per heavy atom. The molecule has 1 aliphatic rings. The summed E-state index contributed by atoms with van der Waals surface area (Å²) in [6.45, 7) is 5.19. The molecule has 148 valence electrons. The summed E-state index contributed by atoms with van der Waals surface area (Å²) < 4.78 is 1.36. The number of benzene rings is 1. The van der Waals surface area contributed by atoms with Crippen molar-refractivity contribution in [2.24, 2.45) is 0 Å². The number of hydrogen-bond donors (Lipinski definition) is 2. The molecule has 0 saturated carbocycles. The van der Waals surface area contributed by atoms with Crippen LogP contribution in [0.3, 0.4) is 0 Å². The molecule has 0 atom stereocenters. The molecule has 1 aromatic carbocycles. The van der Waals surface area contributed by atoms with Gasteiger partial charge in [-0.1, -0.05) is 6.07 Å². The minimum atomic E-state index is -0.303. The Hall–Kier alpha value is -2.97. The van der Waals surface area contributed by atoms with Crippen molar-refractivity contribution >= 4 is 17.5 Å². The highest BCUT2D eigenvalue weighted by Gasteiger charge is 2.16. The van der Waals surface area contributed by atoms with Gasteiger partial charge in [-0.05, 0) is 43.8 Å². The largest absolute Gasteiger partial charge is 0.325 e. The molecule has 0 unspecified atom stereocenters. The predicted molar refractivity (Wildman–Crippen MR) is 107 cm³/mol. The fourth-order valence-electron chi connectivity index (χ4n) is 2.96. The number of amides is 2. The maximum atomic E-state index is 12.3. The number of carbonyl (C=O) groups is 2. The number of aryl methyl sites for hydroxylation is 1. The van der Waals surface area contributed by atoms with Crippen LogP contribution in [0.4, 0.5) is 5.69 Å². The van der Waals surface area contributed by atoms with Crippen LogP contribution in [0.2, 0.25) is 0 Å². The number of rotatable bonds is 5. The number of piperazine rings is 1. The highest BCUT2D eigenvalue weighted by atomic mass is 16.2. The first-order chi connectivity index (χ1) is 13.4. The summed E-state index contributed by atoms with van der Waals surface area (Å²) in [5.74, 6) is -0.476. The standard InChI is InChI=1S/C20H25N5O3/c1-15-3-8-19(27)24(13-15)14-18(26)21-17-6-4-16(5-7-17)20(28)22-25-11-9-23(2)10-12-25/h3-8,13H,9-12,14H2,1-2H3,(H,21,26)(H,22,28). The van der Waals surface area contributed by atoms with Gasteiger partial charge in [-0.2, -0.15) is 0 Å². The van der Waals surface area contributed by atoms with Crippen LogP contribution in [0.15, 0.2) is 47.4 Å². The summed E-state index contributed by atoms with van der Waals surface area (Å²) in [4.78, 5) is 38.5. The summed E-state index contributed by atoms with van der Waals surface area (Å²) in [5, 5.41) is 4.66. The maximum absolute atomic E-state index is 12.3. The molecular formula is C20H25N5O3. The van der Waals surface area contributed by atoms with Crippen molar-refractivity contribution in [2.75, 3.05) is 38.5 Å². The summed E-state index contributed by atoms with van der Waals surface area (Å²) in [6, 6.07) is 9.84. The van der Waals surface area contributed by atoms with Gasteiger partial charge < -0.3 is 14.8 Å². The number of anilines is 1. The van der Waals surface area contributed by atoms with Crippen molar-refractivity contribution in [3.8, 4) is 0 Å². The molecule has 2 N–H and O–H groups in total. The van der Waals surface area contributed by atoms with E-state index in [1.54, 1.807) is 36.5 Å². The quantitative estimate of drug-likeness (QED) is 0.793. The highest BCUT2D eigenvalue weighted by molar-refractivity contribution is 5.95. The molecule has 8 heteroatoms. The van der Waals surface area contributed by atoms with E-state index in [-0.39, 0.29) is 23.9 Å². The van der Waals surface area contributed by atoms with Gasteiger partial charge in [0, 0.05) is 49.7 Å². The predicted octanol–water partition coefficient (Wildman–Crippen LogP) is 0.688. The zero-order valence-electron chi connectivity index (χ0n) is 16.1. The van der Waals surface area contributed by atoms with Crippen LogP contribution < -0.4 is 16.3 Å². The number of likely N-dealkylation sites (N-methyl/N-ethyl adjacent to an activating group) is 1. The lowest BCUT2D eigenvalue weighted by Gasteiger charge is -2.32. The molecule has 1 fully saturated rings. The lowest BCUT2D eigenvalue weighted by atomic mass is 10.2. The van der Waals surface area contributed by atoms with Gasteiger partial charge in [0.05, 0.1) is 0 Å². The van der Waals surface area contributed by atoms with E-state index in [4.69, 9.17) is 0 Å². The summed E-state index contributed by atoms with van der Waals surface area (Å²) in [6.07, 6.45) is 1.65. The van der Waals surface area contributed by atoms with Crippen LogP contribution >= 0.6 is 0 Å². The third-order valence-electron chi connectivity index (χ3n) is 4.64. The van der Waals surface area contributed by atoms with Gasteiger partial charge in [0.1, 0.15) is 6.54 Å². The molecule has 1 aliphatic heterocycles. The number of nitrogens with one attached hydrogen (secondary N) is 2. The van der Waals surface area contributed by atoms with Gasteiger partial charge in [-0.15, -0.1) is 0 Å². The topological polar surface area (TPSA) is 86.7 Å². The van der Waals surface area contributed by atoms with E-state index < -0.39 is 0 Å². The molecule has 0 spiro atoms. The van der Waals surface area contributed by atoms with E-state index in [0.29, 0.717) is 11.3 Å². The van der Waals surface area contributed by atoms with Crippen molar-refractivity contribution in [3.63, 3.8) is 0 Å². The van der Waals surface area contributed by atoms with Crippen LogP contribution in [0.1, 0.15) is 15.9 Å². The van der Waals surface area contributed by atoms with E-state index in [1.807, 2.05) is 11.9 Å². The molecule has 3 rings (SSSR count). The van der Waals surface area contributed by atoms with Crippen molar-refractivity contribution in [3.05, 3.63) is 64.1 Å². The number of pyridine rings is 1. The number of carbonyl (C=O) groups excluding carboxylic acids is 2. The van der Waals surface area contributed by atoms with E-state index in [1.165, 1.54) is 10.6 Å². The van der Waals surface area contributed by atoms with E-state index >= 15 is 0 Å². The van der Waals surface area contributed by atoms with Gasteiger partial charge in [-0.25, -0.2) is 5.01 Å². The average molecular weight is 383 g/mol. The second kappa shape index (κ2) is 8.81. The molecule has 1 aromatic heterocycles. The lowest BCUT2D eigenvalue weighted by molar-refractivity contribution is -0.116. The van der Waals surface area contributed by atoms with Crippen molar-refractivity contribution in [2.45, 2.75) is 13.5 Å². The van der Waals surface area contributed by atoms with Gasteiger partial charge in [0.15, 0.2) is 0 Å². The van der Waals surface area contributed by atoms with Crippen molar-refractivity contribution < 1.29 is 9.59 Å². The van der Waals surface area contributed by atoms with E-state index in [9.17, 15) is 14.4 Å². The Bertz CT molecular complexity index is 899. The molecule has 28 heavy (non-hydrogen) atoms. The van der Waals surface area contributed by atoms with Crippen LogP contribution in [-0.4, -0.2) is 59.5 Å². The summed E-state index contributed by atoms with van der Waals surface area (Å²) in [7, 11) is 2.06. The molecule has 8 nitrogen and oxygen atoms in total. The van der Waals surface area contributed by atoms with Crippen molar-refractivity contribution in [1.82, 2.24) is 19.9 Å². The molecular weight excluding hydrogens is 358 g/mol. The number of hydrazine groups is 1. The van der Waals surface area contributed by atoms with Crippen LogP contribution in [-0.2, 0) is 11.3 Å².